The van der Waals surface area contributed by atoms with Gasteiger partial charge in [-0.25, -0.2) is 0 Å². The highest BCUT2D eigenvalue weighted by Gasteiger charge is 2.24. The van der Waals surface area contributed by atoms with Crippen LogP contribution in [0.1, 0.15) is 33.1 Å². The van der Waals surface area contributed by atoms with Crippen molar-refractivity contribution in [2.24, 2.45) is 5.92 Å². The van der Waals surface area contributed by atoms with Gasteiger partial charge >= 0.3 is 11.9 Å². The van der Waals surface area contributed by atoms with Crippen molar-refractivity contribution in [2.75, 3.05) is 13.2 Å². The quantitative estimate of drug-likeness (QED) is 0.377. The number of ether oxygens (including phenoxy) is 2. The zero-order valence-electron chi connectivity index (χ0n) is 9.82. The van der Waals surface area contributed by atoms with E-state index in [1.807, 2.05) is 0 Å². The molecule has 0 radical (unpaired) electrons. The van der Waals surface area contributed by atoms with Gasteiger partial charge in [0.05, 0.1) is 6.61 Å². The van der Waals surface area contributed by atoms with E-state index in [1.165, 1.54) is 19.4 Å². The first kappa shape index (κ1) is 12.7. The van der Waals surface area contributed by atoms with Gasteiger partial charge < -0.3 is 9.47 Å². The van der Waals surface area contributed by atoms with Crippen LogP contribution in [0.2, 0.25) is 0 Å². The minimum absolute atomic E-state index is 0.224. The topological polar surface area (TPSA) is 52.6 Å². The van der Waals surface area contributed by atoms with Crippen molar-refractivity contribution in [3.05, 3.63) is 11.6 Å². The molecule has 0 spiro atoms. The molecule has 0 aromatic rings. The molecule has 1 unspecified atom stereocenters. The van der Waals surface area contributed by atoms with Crippen LogP contribution in [0, 0.1) is 5.92 Å². The average molecular weight is 226 g/mol. The third-order valence-electron chi connectivity index (χ3n) is 2.41. The van der Waals surface area contributed by atoms with Crippen molar-refractivity contribution < 1.29 is 19.1 Å². The Morgan fingerprint density at radius 2 is 1.88 bits per heavy atom. The molecule has 0 N–H and O–H groups in total. The van der Waals surface area contributed by atoms with E-state index >= 15 is 0 Å². The van der Waals surface area contributed by atoms with Crippen LogP contribution >= 0.6 is 0 Å². The van der Waals surface area contributed by atoms with E-state index in [1.54, 1.807) is 0 Å². The number of rotatable bonds is 7. The normalized spacial score (nSPS) is 17.6. The summed E-state index contributed by atoms with van der Waals surface area (Å²) in [6.45, 7) is 3.81. The first-order valence-corrected chi connectivity index (χ1v) is 5.57. The summed E-state index contributed by atoms with van der Waals surface area (Å²) >= 11 is 0. The predicted octanol–water partition coefficient (Wildman–Crippen LogP) is 1.84. The summed E-state index contributed by atoms with van der Waals surface area (Å²) < 4.78 is 9.72. The second-order valence-electron chi connectivity index (χ2n) is 3.95. The fourth-order valence-corrected chi connectivity index (χ4v) is 1.49. The highest BCUT2D eigenvalue weighted by atomic mass is 16.5. The largest absolute Gasteiger partial charge is 0.466 e. The molecule has 0 saturated heterocycles. The van der Waals surface area contributed by atoms with Gasteiger partial charge in [0.2, 0.25) is 0 Å². The Kier molecular flexibility index (Phi) is 5.02. The molecule has 0 saturated carbocycles. The molecule has 0 heterocycles. The molecule has 1 atom stereocenters. The molecular weight excluding hydrogens is 208 g/mol. The Labute approximate surface area is 95.6 Å². The lowest BCUT2D eigenvalue weighted by Gasteiger charge is -2.02. The zero-order valence-corrected chi connectivity index (χ0v) is 9.82. The van der Waals surface area contributed by atoms with Crippen LogP contribution in [0.5, 0.6) is 0 Å². The summed E-state index contributed by atoms with van der Waals surface area (Å²) in [7, 11) is 0. The molecule has 0 amide bonds. The average Bonchev–Trinajstić information content (AvgIpc) is 2.93. The van der Waals surface area contributed by atoms with Gasteiger partial charge in [0, 0.05) is 19.8 Å². The third-order valence-corrected chi connectivity index (χ3v) is 2.41. The molecule has 0 aromatic heterocycles. The van der Waals surface area contributed by atoms with E-state index in [0.717, 1.165) is 19.3 Å². The number of carbonyl (C=O) groups is 2. The fraction of sp³-hybridized carbons (Fsp3) is 0.667. The third kappa shape index (κ3) is 5.53. The fourth-order valence-electron chi connectivity index (χ4n) is 1.49. The predicted molar refractivity (Wildman–Crippen MR) is 58.7 cm³/mol. The van der Waals surface area contributed by atoms with Crippen LogP contribution < -0.4 is 0 Å². The Morgan fingerprint density at radius 3 is 2.50 bits per heavy atom. The zero-order chi connectivity index (χ0) is 12.0. The van der Waals surface area contributed by atoms with Crippen molar-refractivity contribution in [1.29, 1.82) is 0 Å². The van der Waals surface area contributed by atoms with Crippen molar-refractivity contribution >= 4 is 11.9 Å². The molecule has 4 heteroatoms. The van der Waals surface area contributed by atoms with Gasteiger partial charge in [-0.1, -0.05) is 11.6 Å². The van der Waals surface area contributed by atoms with Crippen LogP contribution in [-0.2, 0) is 19.1 Å². The number of carbonyl (C=O) groups excluding carboxylic acids is 2. The smallest absolute Gasteiger partial charge is 0.302 e. The highest BCUT2D eigenvalue weighted by molar-refractivity contribution is 5.66. The Morgan fingerprint density at radius 1 is 1.19 bits per heavy atom. The number of unbranched alkanes of at least 4 members (excludes halogenated alkanes) is 1. The van der Waals surface area contributed by atoms with Gasteiger partial charge in [-0.3, -0.25) is 9.59 Å². The Balaban J connectivity index is 1.91. The van der Waals surface area contributed by atoms with Crippen LogP contribution in [-0.4, -0.2) is 25.2 Å². The lowest BCUT2D eigenvalue weighted by molar-refractivity contribution is -0.142. The van der Waals surface area contributed by atoms with Gasteiger partial charge in [0.15, 0.2) is 0 Å². The molecule has 1 aliphatic carbocycles. The van der Waals surface area contributed by atoms with E-state index in [0.29, 0.717) is 19.1 Å². The standard InChI is InChI=1S/C12H18O4/c1-9(13)15-6-4-3-5-11-7-12(11)8-16-10(2)14/h7,12H,3-6,8H2,1-2H3. The van der Waals surface area contributed by atoms with Gasteiger partial charge in [-0.05, 0) is 19.3 Å². The molecule has 1 aliphatic rings. The van der Waals surface area contributed by atoms with Gasteiger partial charge in [-0.15, -0.1) is 0 Å². The maximum Gasteiger partial charge on any atom is 0.302 e. The molecule has 90 valence electrons. The van der Waals surface area contributed by atoms with E-state index in [4.69, 9.17) is 9.47 Å². The first-order chi connectivity index (χ1) is 7.59. The molecule has 1 rings (SSSR count). The highest BCUT2D eigenvalue weighted by Crippen LogP contribution is 2.33. The van der Waals surface area contributed by atoms with Crippen LogP contribution in [0.25, 0.3) is 0 Å². The molecule has 0 aliphatic heterocycles. The summed E-state index contributed by atoms with van der Waals surface area (Å²) in [5, 5.41) is 0. The van der Waals surface area contributed by atoms with E-state index in [9.17, 15) is 9.59 Å². The summed E-state index contributed by atoms with van der Waals surface area (Å²) in [6.07, 6.45) is 5.02. The summed E-state index contributed by atoms with van der Waals surface area (Å²) in [5.41, 5.74) is 1.35. The molecule has 0 aromatic carbocycles. The molecule has 16 heavy (non-hydrogen) atoms. The Hall–Kier alpha value is -1.32. The summed E-state index contributed by atoms with van der Waals surface area (Å²) in [4.78, 5) is 21.0. The SMILES string of the molecule is CC(=O)OCCCCC1=CC1COC(C)=O. The van der Waals surface area contributed by atoms with Gasteiger partial charge in [0.1, 0.15) is 6.61 Å². The first-order valence-electron chi connectivity index (χ1n) is 5.57. The van der Waals surface area contributed by atoms with E-state index < -0.39 is 0 Å². The molecule has 0 fully saturated rings. The van der Waals surface area contributed by atoms with Crippen molar-refractivity contribution in [3.63, 3.8) is 0 Å². The van der Waals surface area contributed by atoms with Gasteiger partial charge in [0.25, 0.3) is 0 Å². The minimum atomic E-state index is -0.227. The second-order valence-corrected chi connectivity index (χ2v) is 3.95. The monoisotopic (exact) mass is 226 g/mol. The maximum atomic E-state index is 10.6. The van der Waals surface area contributed by atoms with Crippen molar-refractivity contribution in [3.8, 4) is 0 Å². The lowest BCUT2D eigenvalue weighted by Crippen LogP contribution is -2.04. The van der Waals surface area contributed by atoms with E-state index in [-0.39, 0.29) is 11.9 Å². The summed E-state index contributed by atoms with van der Waals surface area (Å²) in [5.74, 6) is -0.0921. The number of esters is 2. The van der Waals surface area contributed by atoms with Gasteiger partial charge in [-0.2, -0.15) is 0 Å². The molecular formula is C12H18O4. The van der Waals surface area contributed by atoms with Crippen molar-refractivity contribution in [2.45, 2.75) is 33.1 Å². The number of hydrogen-bond donors (Lipinski definition) is 0. The minimum Gasteiger partial charge on any atom is -0.466 e. The Bertz CT molecular complexity index is 293. The van der Waals surface area contributed by atoms with Crippen LogP contribution in [0.15, 0.2) is 11.6 Å². The van der Waals surface area contributed by atoms with Crippen LogP contribution in [0.3, 0.4) is 0 Å². The summed E-state index contributed by atoms with van der Waals surface area (Å²) in [6, 6.07) is 0. The second kappa shape index (κ2) is 6.30. The number of hydrogen-bond acceptors (Lipinski definition) is 4. The molecule has 4 nitrogen and oxygen atoms in total. The molecule has 0 bridgehead atoms. The van der Waals surface area contributed by atoms with Crippen LogP contribution in [0.4, 0.5) is 0 Å². The van der Waals surface area contributed by atoms with E-state index in [2.05, 4.69) is 6.08 Å². The lowest BCUT2D eigenvalue weighted by atomic mass is 10.1. The maximum absolute atomic E-state index is 10.6. The van der Waals surface area contributed by atoms with Crippen molar-refractivity contribution in [1.82, 2.24) is 0 Å².